The van der Waals surface area contributed by atoms with Gasteiger partial charge in [-0.05, 0) is 38.5 Å². The molecule has 0 rings (SSSR count). The monoisotopic (exact) mass is 382 g/mol. The van der Waals surface area contributed by atoms with Gasteiger partial charge in [-0.25, -0.2) is 0 Å². The first-order valence-corrected chi connectivity index (χ1v) is 11.0. The SMILES string of the molecule is CCCCCCCCC/C=C/COC(=O)CCCC(=O)OC(C)CC(C)C. The number of esters is 2. The van der Waals surface area contributed by atoms with Crippen molar-refractivity contribution in [3.8, 4) is 0 Å². The third-order valence-corrected chi connectivity index (χ3v) is 4.38. The molecule has 1 atom stereocenters. The molecule has 27 heavy (non-hydrogen) atoms. The van der Waals surface area contributed by atoms with Crippen LogP contribution < -0.4 is 0 Å². The van der Waals surface area contributed by atoms with Gasteiger partial charge in [0.25, 0.3) is 0 Å². The van der Waals surface area contributed by atoms with E-state index in [1.54, 1.807) is 0 Å². The van der Waals surface area contributed by atoms with Gasteiger partial charge in [0.15, 0.2) is 0 Å². The Kier molecular flexibility index (Phi) is 17.2. The second-order valence-corrected chi connectivity index (χ2v) is 7.85. The Bertz CT molecular complexity index is 401. The van der Waals surface area contributed by atoms with E-state index in [4.69, 9.17) is 9.47 Å². The molecule has 0 fully saturated rings. The molecule has 0 bridgehead atoms. The van der Waals surface area contributed by atoms with Crippen molar-refractivity contribution in [3.05, 3.63) is 12.2 Å². The van der Waals surface area contributed by atoms with Gasteiger partial charge in [-0.15, -0.1) is 0 Å². The fraction of sp³-hybridized carbons (Fsp3) is 0.826. The lowest BCUT2D eigenvalue weighted by atomic mass is 10.1. The number of hydrogen-bond donors (Lipinski definition) is 0. The lowest BCUT2D eigenvalue weighted by Crippen LogP contribution is -2.17. The smallest absolute Gasteiger partial charge is 0.306 e. The number of allylic oxidation sites excluding steroid dienone is 1. The molecule has 0 N–H and O–H groups in total. The van der Waals surface area contributed by atoms with Gasteiger partial charge in [-0.1, -0.05) is 71.4 Å². The average Bonchev–Trinajstić information content (AvgIpc) is 2.58. The Labute approximate surface area is 167 Å². The molecular formula is C23H42O4. The molecule has 158 valence electrons. The summed E-state index contributed by atoms with van der Waals surface area (Å²) in [6, 6.07) is 0. The highest BCUT2D eigenvalue weighted by Gasteiger charge is 2.12. The van der Waals surface area contributed by atoms with E-state index in [2.05, 4.69) is 26.8 Å². The Balaban J connectivity index is 3.51. The van der Waals surface area contributed by atoms with Crippen molar-refractivity contribution < 1.29 is 19.1 Å². The number of unbranched alkanes of at least 4 members (excludes halogenated alkanes) is 7. The van der Waals surface area contributed by atoms with Crippen LogP contribution in [0.25, 0.3) is 0 Å². The van der Waals surface area contributed by atoms with E-state index >= 15 is 0 Å². The maximum atomic E-state index is 11.7. The summed E-state index contributed by atoms with van der Waals surface area (Å²) in [4.78, 5) is 23.3. The fourth-order valence-electron chi connectivity index (χ4n) is 2.99. The van der Waals surface area contributed by atoms with Crippen LogP contribution in [-0.4, -0.2) is 24.6 Å². The van der Waals surface area contributed by atoms with Crippen LogP contribution in [0.4, 0.5) is 0 Å². The van der Waals surface area contributed by atoms with Crippen molar-refractivity contribution in [1.29, 1.82) is 0 Å². The molecule has 0 aliphatic carbocycles. The van der Waals surface area contributed by atoms with Crippen molar-refractivity contribution >= 4 is 11.9 Å². The summed E-state index contributed by atoms with van der Waals surface area (Å²) in [6.45, 7) is 8.67. The number of rotatable bonds is 17. The van der Waals surface area contributed by atoms with E-state index in [0.29, 0.717) is 18.9 Å². The Morgan fingerprint density at radius 1 is 0.815 bits per heavy atom. The maximum Gasteiger partial charge on any atom is 0.306 e. The van der Waals surface area contributed by atoms with Crippen LogP contribution in [0.1, 0.15) is 105 Å². The zero-order chi connectivity index (χ0) is 20.3. The molecule has 0 aliphatic rings. The molecule has 4 nitrogen and oxygen atoms in total. The van der Waals surface area contributed by atoms with Crippen LogP contribution in [0, 0.1) is 5.92 Å². The van der Waals surface area contributed by atoms with Crippen LogP contribution in [0.2, 0.25) is 0 Å². The van der Waals surface area contributed by atoms with E-state index in [-0.39, 0.29) is 30.9 Å². The summed E-state index contributed by atoms with van der Waals surface area (Å²) in [5.41, 5.74) is 0. The van der Waals surface area contributed by atoms with Crippen molar-refractivity contribution in [2.24, 2.45) is 5.92 Å². The summed E-state index contributed by atoms with van der Waals surface area (Å²) in [6.07, 6.45) is 16.0. The number of carbonyl (C=O) groups excluding carboxylic acids is 2. The van der Waals surface area contributed by atoms with E-state index in [1.165, 1.54) is 44.9 Å². The highest BCUT2D eigenvalue weighted by molar-refractivity contribution is 5.72. The molecule has 0 aromatic carbocycles. The lowest BCUT2D eigenvalue weighted by Gasteiger charge is -2.14. The van der Waals surface area contributed by atoms with Gasteiger partial charge >= 0.3 is 11.9 Å². The first kappa shape index (κ1) is 25.7. The van der Waals surface area contributed by atoms with E-state index in [1.807, 2.05) is 13.0 Å². The quantitative estimate of drug-likeness (QED) is 0.166. The molecular weight excluding hydrogens is 340 g/mol. The van der Waals surface area contributed by atoms with Gasteiger partial charge in [0.05, 0.1) is 6.10 Å². The Morgan fingerprint density at radius 3 is 2.11 bits per heavy atom. The second-order valence-electron chi connectivity index (χ2n) is 7.85. The summed E-state index contributed by atoms with van der Waals surface area (Å²) in [7, 11) is 0. The molecule has 0 saturated carbocycles. The number of ether oxygens (including phenoxy) is 2. The number of hydrogen-bond acceptors (Lipinski definition) is 4. The average molecular weight is 383 g/mol. The summed E-state index contributed by atoms with van der Waals surface area (Å²) < 4.78 is 10.5. The van der Waals surface area contributed by atoms with Gasteiger partial charge in [0, 0.05) is 12.8 Å². The first-order valence-electron chi connectivity index (χ1n) is 11.0. The summed E-state index contributed by atoms with van der Waals surface area (Å²) >= 11 is 0. The van der Waals surface area contributed by atoms with Crippen LogP contribution in [0.5, 0.6) is 0 Å². The predicted molar refractivity (Wildman–Crippen MR) is 112 cm³/mol. The van der Waals surface area contributed by atoms with Gasteiger partial charge in [-0.3, -0.25) is 9.59 Å². The Hall–Kier alpha value is -1.32. The molecule has 0 spiro atoms. The zero-order valence-corrected chi connectivity index (χ0v) is 18.1. The van der Waals surface area contributed by atoms with Crippen LogP contribution in [0.15, 0.2) is 12.2 Å². The number of carbonyl (C=O) groups is 2. The Morgan fingerprint density at radius 2 is 1.44 bits per heavy atom. The van der Waals surface area contributed by atoms with Gasteiger partial charge in [0.1, 0.15) is 6.61 Å². The normalized spacial score (nSPS) is 12.5. The molecule has 0 radical (unpaired) electrons. The largest absolute Gasteiger partial charge is 0.463 e. The summed E-state index contributed by atoms with van der Waals surface area (Å²) in [5.74, 6) is 0.0192. The predicted octanol–water partition coefficient (Wildman–Crippen LogP) is 6.37. The van der Waals surface area contributed by atoms with Crippen LogP contribution in [0.3, 0.4) is 0 Å². The molecule has 0 amide bonds. The molecule has 0 aromatic rings. The van der Waals surface area contributed by atoms with Gasteiger partial charge in [-0.2, -0.15) is 0 Å². The molecule has 0 heterocycles. The van der Waals surface area contributed by atoms with E-state index in [0.717, 1.165) is 12.8 Å². The van der Waals surface area contributed by atoms with Crippen molar-refractivity contribution in [3.63, 3.8) is 0 Å². The maximum absolute atomic E-state index is 11.7. The highest BCUT2D eigenvalue weighted by atomic mass is 16.5. The van der Waals surface area contributed by atoms with Crippen LogP contribution in [-0.2, 0) is 19.1 Å². The van der Waals surface area contributed by atoms with E-state index in [9.17, 15) is 9.59 Å². The highest BCUT2D eigenvalue weighted by Crippen LogP contribution is 2.10. The molecule has 4 heteroatoms. The molecule has 0 aliphatic heterocycles. The minimum Gasteiger partial charge on any atom is -0.463 e. The van der Waals surface area contributed by atoms with Crippen LogP contribution >= 0.6 is 0 Å². The van der Waals surface area contributed by atoms with Gasteiger partial charge < -0.3 is 9.47 Å². The molecule has 0 aromatic heterocycles. The van der Waals surface area contributed by atoms with Gasteiger partial charge in [0.2, 0.25) is 0 Å². The zero-order valence-electron chi connectivity index (χ0n) is 18.1. The second kappa shape index (κ2) is 18.1. The topological polar surface area (TPSA) is 52.6 Å². The third-order valence-electron chi connectivity index (χ3n) is 4.38. The minimum atomic E-state index is -0.251. The standard InChI is InChI=1S/C23H42O4/c1-5-6-7-8-9-10-11-12-13-14-18-26-22(24)16-15-17-23(25)27-21(4)19-20(2)3/h13-14,20-21H,5-12,15-19H2,1-4H3/b14-13+. The molecule has 0 saturated heterocycles. The summed E-state index contributed by atoms with van der Waals surface area (Å²) in [5, 5.41) is 0. The van der Waals surface area contributed by atoms with Crippen molar-refractivity contribution in [1.82, 2.24) is 0 Å². The lowest BCUT2D eigenvalue weighted by molar-refractivity contribution is -0.149. The molecule has 1 unspecified atom stereocenters. The third kappa shape index (κ3) is 19.3. The van der Waals surface area contributed by atoms with E-state index < -0.39 is 0 Å². The fourth-order valence-corrected chi connectivity index (χ4v) is 2.99. The van der Waals surface area contributed by atoms with Crippen molar-refractivity contribution in [2.75, 3.05) is 6.61 Å². The minimum absolute atomic E-state index is 0.0640. The first-order chi connectivity index (χ1) is 13.0. The van der Waals surface area contributed by atoms with Crippen molar-refractivity contribution in [2.45, 2.75) is 111 Å².